The summed E-state index contributed by atoms with van der Waals surface area (Å²) in [5.74, 6) is 0. The standard InChI is InChI=1S/C13H10ClO/c14-13-7-5-12(6-8-13)11-3-1-10(9-15)2-4-11/h1-5,7-8,15H,9H2. The van der Waals surface area contributed by atoms with Gasteiger partial charge in [-0.05, 0) is 34.9 Å². The smallest absolute Gasteiger partial charge is 0.0681 e. The molecule has 1 nitrogen and oxygen atoms in total. The van der Waals surface area contributed by atoms with Crippen LogP contribution < -0.4 is 0 Å². The highest BCUT2D eigenvalue weighted by atomic mass is 35.5. The van der Waals surface area contributed by atoms with Crippen molar-refractivity contribution in [2.75, 3.05) is 0 Å². The molecule has 2 heteroatoms. The van der Waals surface area contributed by atoms with E-state index in [2.05, 4.69) is 6.07 Å². The predicted molar refractivity (Wildman–Crippen MR) is 61.6 cm³/mol. The number of aliphatic hydroxyl groups is 1. The third-order valence-electron chi connectivity index (χ3n) is 2.22. The average molecular weight is 218 g/mol. The van der Waals surface area contributed by atoms with Crippen molar-refractivity contribution < 1.29 is 5.11 Å². The molecule has 0 aromatic heterocycles. The molecule has 2 rings (SSSR count). The van der Waals surface area contributed by atoms with Crippen molar-refractivity contribution in [3.05, 3.63) is 59.1 Å². The molecule has 0 saturated carbocycles. The van der Waals surface area contributed by atoms with E-state index in [9.17, 15) is 0 Å². The molecule has 0 aliphatic carbocycles. The van der Waals surface area contributed by atoms with Gasteiger partial charge in [0.05, 0.1) is 6.61 Å². The second-order valence-electron chi connectivity index (χ2n) is 3.28. The predicted octanol–water partition coefficient (Wildman–Crippen LogP) is 3.30. The third kappa shape index (κ3) is 2.38. The Kier molecular flexibility index (Phi) is 3.05. The number of aliphatic hydroxyl groups excluding tert-OH is 1. The van der Waals surface area contributed by atoms with Gasteiger partial charge in [-0.15, -0.1) is 0 Å². The molecule has 0 atom stereocenters. The van der Waals surface area contributed by atoms with Crippen LogP contribution >= 0.6 is 11.6 Å². The highest BCUT2D eigenvalue weighted by Gasteiger charge is 1.97. The minimum atomic E-state index is 0.0740. The zero-order chi connectivity index (χ0) is 10.7. The fraction of sp³-hybridized carbons (Fsp3) is 0.0769. The molecule has 0 aliphatic heterocycles. The summed E-state index contributed by atoms with van der Waals surface area (Å²) in [6.07, 6.45) is 0. The molecular weight excluding hydrogens is 208 g/mol. The molecule has 2 aromatic carbocycles. The molecule has 0 aliphatic rings. The molecule has 75 valence electrons. The normalized spacial score (nSPS) is 10.3. The maximum absolute atomic E-state index is 8.91. The monoisotopic (exact) mass is 217 g/mol. The summed E-state index contributed by atoms with van der Waals surface area (Å²) >= 11 is 5.78. The van der Waals surface area contributed by atoms with E-state index in [-0.39, 0.29) is 6.61 Å². The Balaban J connectivity index is 2.33. The first-order valence-corrected chi connectivity index (χ1v) is 5.05. The third-order valence-corrected chi connectivity index (χ3v) is 2.46. The molecule has 2 aromatic rings. The van der Waals surface area contributed by atoms with Gasteiger partial charge in [0.15, 0.2) is 0 Å². The molecular formula is C13H10ClO. The maximum atomic E-state index is 8.91. The molecule has 0 fully saturated rings. The first kappa shape index (κ1) is 10.2. The van der Waals surface area contributed by atoms with Gasteiger partial charge in [0.2, 0.25) is 0 Å². The van der Waals surface area contributed by atoms with E-state index in [1.54, 1.807) is 6.07 Å². The van der Waals surface area contributed by atoms with Crippen molar-refractivity contribution in [1.29, 1.82) is 0 Å². The van der Waals surface area contributed by atoms with E-state index in [1.165, 1.54) is 0 Å². The summed E-state index contributed by atoms with van der Waals surface area (Å²) < 4.78 is 0. The summed E-state index contributed by atoms with van der Waals surface area (Å²) in [4.78, 5) is 0. The topological polar surface area (TPSA) is 20.2 Å². The Hall–Kier alpha value is -1.31. The van der Waals surface area contributed by atoms with Crippen molar-refractivity contribution >= 4 is 11.6 Å². The van der Waals surface area contributed by atoms with Gasteiger partial charge in [0, 0.05) is 5.02 Å². The highest BCUT2D eigenvalue weighted by Crippen LogP contribution is 2.21. The second-order valence-corrected chi connectivity index (χ2v) is 3.71. The average Bonchev–Trinajstić information content (AvgIpc) is 2.30. The molecule has 0 spiro atoms. The van der Waals surface area contributed by atoms with Crippen LogP contribution in [0.3, 0.4) is 0 Å². The van der Waals surface area contributed by atoms with Crippen LogP contribution in [0.5, 0.6) is 0 Å². The largest absolute Gasteiger partial charge is 0.392 e. The van der Waals surface area contributed by atoms with Crippen LogP contribution in [0, 0.1) is 6.07 Å². The van der Waals surface area contributed by atoms with Crippen molar-refractivity contribution in [2.24, 2.45) is 0 Å². The van der Waals surface area contributed by atoms with Gasteiger partial charge in [0.1, 0.15) is 0 Å². The van der Waals surface area contributed by atoms with Crippen LogP contribution in [0.25, 0.3) is 11.1 Å². The van der Waals surface area contributed by atoms with Crippen molar-refractivity contribution in [3.8, 4) is 11.1 Å². The fourth-order valence-corrected chi connectivity index (χ4v) is 1.49. The molecule has 0 heterocycles. The summed E-state index contributed by atoms with van der Waals surface area (Å²) in [6.45, 7) is 0.0740. The van der Waals surface area contributed by atoms with E-state index in [1.807, 2.05) is 36.4 Å². The first-order chi connectivity index (χ1) is 7.29. The molecule has 1 N–H and O–H groups in total. The number of halogens is 1. The van der Waals surface area contributed by atoms with Crippen LogP contribution in [0.2, 0.25) is 5.02 Å². The first-order valence-electron chi connectivity index (χ1n) is 4.67. The van der Waals surface area contributed by atoms with Crippen LogP contribution in [0.1, 0.15) is 5.56 Å². The van der Waals surface area contributed by atoms with E-state index >= 15 is 0 Å². The lowest BCUT2D eigenvalue weighted by atomic mass is 10.0. The van der Waals surface area contributed by atoms with Gasteiger partial charge in [-0.2, -0.15) is 0 Å². The summed E-state index contributed by atoms with van der Waals surface area (Å²) in [5, 5.41) is 9.60. The van der Waals surface area contributed by atoms with Crippen LogP contribution in [-0.2, 0) is 6.61 Å². The number of rotatable bonds is 2. The maximum Gasteiger partial charge on any atom is 0.0681 e. The van der Waals surface area contributed by atoms with Crippen LogP contribution in [-0.4, -0.2) is 5.11 Å². The van der Waals surface area contributed by atoms with E-state index in [0.29, 0.717) is 5.02 Å². The van der Waals surface area contributed by atoms with Gasteiger partial charge >= 0.3 is 0 Å². The van der Waals surface area contributed by atoms with Crippen LogP contribution in [0.15, 0.2) is 42.5 Å². The van der Waals surface area contributed by atoms with Gasteiger partial charge in [0.25, 0.3) is 0 Å². The summed E-state index contributed by atoms with van der Waals surface area (Å²) in [6, 6.07) is 16.3. The van der Waals surface area contributed by atoms with E-state index in [4.69, 9.17) is 16.7 Å². The Labute approximate surface area is 94.0 Å². The molecule has 0 saturated heterocycles. The SMILES string of the molecule is OCc1ccc(-c2[c]cc(Cl)cc2)cc1. The summed E-state index contributed by atoms with van der Waals surface area (Å²) in [7, 11) is 0. The Bertz CT molecular complexity index is 431. The van der Waals surface area contributed by atoms with Crippen LogP contribution in [0.4, 0.5) is 0 Å². The molecule has 1 radical (unpaired) electrons. The fourth-order valence-electron chi connectivity index (χ4n) is 1.38. The van der Waals surface area contributed by atoms with Crippen molar-refractivity contribution in [1.82, 2.24) is 0 Å². The Morgan fingerprint density at radius 3 is 2.33 bits per heavy atom. The molecule has 15 heavy (non-hydrogen) atoms. The zero-order valence-electron chi connectivity index (χ0n) is 8.07. The van der Waals surface area contributed by atoms with Crippen molar-refractivity contribution in [2.45, 2.75) is 6.61 Å². The van der Waals surface area contributed by atoms with E-state index < -0.39 is 0 Å². The quantitative estimate of drug-likeness (QED) is 0.819. The lowest BCUT2D eigenvalue weighted by Crippen LogP contribution is -1.83. The summed E-state index contributed by atoms with van der Waals surface area (Å²) in [5.41, 5.74) is 2.99. The molecule has 0 amide bonds. The number of hydrogen-bond acceptors (Lipinski definition) is 1. The van der Waals surface area contributed by atoms with Gasteiger partial charge in [-0.25, -0.2) is 0 Å². The lowest BCUT2D eigenvalue weighted by molar-refractivity contribution is 0.282. The Morgan fingerprint density at radius 1 is 1.07 bits per heavy atom. The zero-order valence-corrected chi connectivity index (χ0v) is 8.83. The van der Waals surface area contributed by atoms with Gasteiger partial charge in [-0.3, -0.25) is 0 Å². The number of hydrogen-bond donors (Lipinski definition) is 1. The van der Waals surface area contributed by atoms with Gasteiger partial charge in [-0.1, -0.05) is 41.9 Å². The molecule has 0 bridgehead atoms. The minimum absolute atomic E-state index is 0.0740. The van der Waals surface area contributed by atoms with Crippen molar-refractivity contribution in [3.63, 3.8) is 0 Å². The molecule has 0 unspecified atom stereocenters. The van der Waals surface area contributed by atoms with Gasteiger partial charge < -0.3 is 5.11 Å². The lowest BCUT2D eigenvalue weighted by Gasteiger charge is -2.02. The minimum Gasteiger partial charge on any atom is -0.392 e. The highest BCUT2D eigenvalue weighted by molar-refractivity contribution is 6.30. The van der Waals surface area contributed by atoms with E-state index in [0.717, 1.165) is 16.7 Å². The Morgan fingerprint density at radius 2 is 1.80 bits per heavy atom. The second kappa shape index (κ2) is 4.47. The number of benzene rings is 2.